The Hall–Kier alpha value is -0.540. The van der Waals surface area contributed by atoms with E-state index in [9.17, 15) is 0 Å². The van der Waals surface area contributed by atoms with E-state index in [1.165, 1.54) is 0 Å². The molecule has 100 valence electrons. The van der Waals surface area contributed by atoms with Crippen LogP contribution in [0.25, 0.3) is 0 Å². The monoisotopic (exact) mass is 357 g/mol. The zero-order chi connectivity index (χ0) is 13.8. The minimum Gasteiger partial charge on any atom is -0.306 e. The fraction of sp³-hybridized carbons (Fsp3) is 0.200. The highest BCUT2D eigenvalue weighted by atomic mass is 79.9. The second-order valence-electron chi connectivity index (χ2n) is 4.36. The van der Waals surface area contributed by atoms with Crippen LogP contribution in [0.2, 0.25) is 10.0 Å². The number of benzene rings is 2. The molecule has 1 N–H and O–H groups in total. The van der Waals surface area contributed by atoms with Crippen LogP contribution in [0, 0.1) is 0 Å². The molecular formula is C15H14BrCl2N. The van der Waals surface area contributed by atoms with E-state index in [4.69, 9.17) is 23.2 Å². The van der Waals surface area contributed by atoms with Crippen LogP contribution in [0.3, 0.4) is 0 Å². The van der Waals surface area contributed by atoms with Crippen LogP contribution in [0.4, 0.5) is 0 Å². The van der Waals surface area contributed by atoms with Crippen LogP contribution in [-0.2, 0) is 6.54 Å². The highest BCUT2D eigenvalue weighted by Crippen LogP contribution is 2.24. The van der Waals surface area contributed by atoms with Gasteiger partial charge in [0, 0.05) is 27.1 Å². The number of nitrogens with one attached hydrogen (secondary N) is 1. The van der Waals surface area contributed by atoms with Crippen LogP contribution in [0.5, 0.6) is 0 Å². The highest BCUT2D eigenvalue weighted by Gasteiger charge is 2.09. The summed E-state index contributed by atoms with van der Waals surface area (Å²) in [5.74, 6) is 0. The Morgan fingerprint density at radius 1 is 1.11 bits per heavy atom. The lowest BCUT2D eigenvalue weighted by atomic mass is 10.1. The van der Waals surface area contributed by atoms with Gasteiger partial charge in [-0.1, -0.05) is 63.4 Å². The van der Waals surface area contributed by atoms with E-state index < -0.39 is 0 Å². The molecule has 1 atom stereocenters. The predicted octanol–water partition coefficient (Wildman–Crippen LogP) is 5.61. The molecule has 0 saturated carbocycles. The Bertz CT molecular complexity index is 572. The van der Waals surface area contributed by atoms with Crippen molar-refractivity contribution in [1.82, 2.24) is 5.32 Å². The van der Waals surface area contributed by atoms with E-state index in [0.29, 0.717) is 6.54 Å². The SMILES string of the molecule is C[C@@H](NCc1ccc(Br)cc1Cl)c1ccccc1Cl. The largest absolute Gasteiger partial charge is 0.306 e. The lowest BCUT2D eigenvalue weighted by Crippen LogP contribution is -2.18. The highest BCUT2D eigenvalue weighted by molar-refractivity contribution is 9.10. The van der Waals surface area contributed by atoms with Crippen molar-refractivity contribution in [2.24, 2.45) is 0 Å². The smallest absolute Gasteiger partial charge is 0.0462 e. The molecule has 4 heteroatoms. The molecule has 0 spiro atoms. The van der Waals surface area contributed by atoms with Gasteiger partial charge in [-0.05, 0) is 36.2 Å². The van der Waals surface area contributed by atoms with Gasteiger partial charge in [-0.25, -0.2) is 0 Å². The number of halogens is 3. The predicted molar refractivity (Wildman–Crippen MR) is 85.9 cm³/mol. The summed E-state index contributed by atoms with van der Waals surface area (Å²) in [5.41, 5.74) is 2.17. The molecule has 19 heavy (non-hydrogen) atoms. The van der Waals surface area contributed by atoms with Crippen molar-refractivity contribution in [2.75, 3.05) is 0 Å². The Morgan fingerprint density at radius 3 is 2.53 bits per heavy atom. The first kappa shape index (κ1) is 14.9. The molecule has 1 nitrogen and oxygen atoms in total. The van der Waals surface area contributed by atoms with E-state index in [2.05, 4.69) is 28.2 Å². The maximum absolute atomic E-state index is 6.19. The van der Waals surface area contributed by atoms with E-state index in [0.717, 1.165) is 25.6 Å². The summed E-state index contributed by atoms with van der Waals surface area (Å²) in [4.78, 5) is 0. The van der Waals surface area contributed by atoms with Crippen molar-refractivity contribution in [3.63, 3.8) is 0 Å². The lowest BCUT2D eigenvalue weighted by Gasteiger charge is -2.16. The van der Waals surface area contributed by atoms with Crippen molar-refractivity contribution in [2.45, 2.75) is 19.5 Å². The molecule has 2 aromatic carbocycles. The summed E-state index contributed by atoms with van der Waals surface area (Å²) >= 11 is 15.8. The zero-order valence-electron chi connectivity index (χ0n) is 10.5. The Labute approximate surface area is 132 Å². The summed E-state index contributed by atoms with van der Waals surface area (Å²) < 4.78 is 0.986. The van der Waals surface area contributed by atoms with E-state index in [-0.39, 0.29) is 6.04 Å². The van der Waals surface area contributed by atoms with Crippen LogP contribution >= 0.6 is 39.1 Å². The molecule has 0 radical (unpaired) electrons. The fourth-order valence-corrected chi connectivity index (χ4v) is 2.90. The summed E-state index contributed by atoms with van der Waals surface area (Å²) in [5, 5.41) is 4.97. The number of hydrogen-bond donors (Lipinski definition) is 1. The molecule has 0 amide bonds. The zero-order valence-corrected chi connectivity index (χ0v) is 13.6. The Morgan fingerprint density at radius 2 is 1.84 bits per heavy atom. The van der Waals surface area contributed by atoms with E-state index in [1.807, 2.05) is 42.5 Å². The summed E-state index contributed by atoms with van der Waals surface area (Å²) in [6.07, 6.45) is 0. The molecule has 0 heterocycles. The fourth-order valence-electron chi connectivity index (χ4n) is 1.86. The molecule has 0 aromatic heterocycles. The molecule has 0 saturated heterocycles. The minimum absolute atomic E-state index is 0.174. The molecule has 0 unspecified atom stereocenters. The second-order valence-corrected chi connectivity index (χ2v) is 6.09. The van der Waals surface area contributed by atoms with Gasteiger partial charge in [-0.2, -0.15) is 0 Å². The molecule has 2 rings (SSSR count). The van der Waals surface area contributed by atoms with Gasteiger partial charge >= 0.3 is 0 Å². The molecule has 0 bridgehead atoms. The molecular weight excluding hydrogens is 345 g/mol. The van der Waals surface area contributed by atoms with Gasteiger partial charge < -0.3 is 5.32 Å². The third-order valence-corrected chi connectivity index (χ3v) is 4.17. The van der Waals surface area contributed by atoms with Crippen molar-refractivity contribution in [3.8, 4) is 0 Å². The van der Waals surface area contributed by atoms with E-state index in [1.54, 1.807) is 0 Å². The van der Waals surface area contributed by atoms with Crippen molar-refractivity contribution in [3.05, 3.63) is 68.1 Å². The summed E-state index contributed by atoms with van der Waals surface area (Å²) in [7, 11) is 0. The van der Waals surface area contributed by atoms with Gasteiger partial charge in [0.1, 0.15) is 0 Å². The van der Waals surface area contributed by atoms with Crippen LogP contribution < -0.4 is 5.32 Å². The van der Waals surface area contributed by atoms with Crippen LogP contribution in [0.15, 0.2) is 46.9 Å². The first-order valence-electron chi connectivity index (χ1n) is 5.99. The van der Waals surface area contributed by atoms with Gasteiger partial charge in [0.15, 0.2) is 0 Å². The van der Waals surface area contributed by atoms with Crippen molar-refractivity contribution in [1.29, 1.82) is 0 Å². The third-order valence-electron chi connectivity index (χ3n) is 2.99. The first-order valence-corrected chi connectivity index (χ1v) is 7.54. The maximum Gasteiger partial charge on any atom is 0.0462 e. The van der Waals surface area contributed by atoms with Crippen molar-refractivity contribution >= 4 is 39.1 Å². The number of rotatable bonds is 4. The van der Waals surface area contributed by atoms with Gasteiger partial charge in [-0.3, -0.25) is 0 Å². The number of hydrogen-bond acceptors (Lipinski definition) is 1. The Kier molecular flexibility index (Phi) is 5.28. The van der Waals surface area contributed by atoms with Crippen molar-refractivity contribution < 1.29 is 0 Å². The van der Waals surface area contributed by atoms with Gasteiger partial charge in [0.05, 0.1) is 0 Å². The topological polar surface area (TPSA) is 12.0 Å². The Balaban J connectivity index is 2.04. The first-order chi connectivity index (χ1) is 9.08. The lowest BCUT2D eigenvalue weighted by molar-refractivity contribution is 0.575. The normalized spacial score (nSPS) is 12.4. The van der Waals surface area contributed by atoms with Gasteiger partial charge in [0.25, 0.3) is 0 Å². The molecule has 2 aromatic rings. The van der Waals surface area contributed by atoms with Gasteiger partial charge in [-0.15, -0.1) is 0 Å². The minimum atomic E-state index is 0.174. The summed E-state index contributed by atoms with van der Waals surface area (Å²) in [6.45, 7) is 2.80. The quantitative estimate of drug-likeness (QED) is 0.749. The maximum atomic E-state index is 6.19. The van der Waals surface area contributed by atoms with Crippen LogP contribution in [-0.4, -0.2) is 0 Å². The van der Waals surface area contributed by atoms with E-state index >= 15 is 0 Å². The molecule has 0 aliphatic heterocycles. The molecule has 0 fully saturated rings. The average molecular weight is 359 g/mol. The van der Waals surface area contributed by atoms with Gasteiger partial charge in [0.2, 0.25) is 0 Å². The molecule has 0 aliphatic carbocycles. The second kappa shape index (κ2) is 6.76. The third kappa shape index (κ3) is 3.96. The summed E-state index contributed by atoms with van der Waals surface area (Å²) in [6, 6.07) is 13.9. The average Bonchev–Trinajstić information content (AvgIpc) is 2.38. The van der Waals surface area contributed by atoms with Crippen LogP contribution in [0.1, 0.15) is 24.1 Å². The molecule has 0 aliphatic rings. The standard InChI is InChI=1S/C15H14BrCl2N/c1-10(13-4-2-3-5-14(13)17)19-9-11-6-7-12(16)8-15(11)18/h2-8,10,19H,9H2,1H3/t10-/m1/s1.